The zero-order chi connectivity index (χ0) is 10.4. The first-order valence-corrected chi connectivity index (χ1v) is 3.23. The van der Waals surface area contributed by atoms with Crippen LogP contribution in [-0.4, -0.2) is 42.4 Å². The number of carbonyl (C=O) groups is 3. The molecule has 0 aliphatic rings. The largest absolute Gasteiger partial charge is 0.549 e. The Labute approximate surface area is 89.8 Å². The summed E-state index contributed by atoms with van der Waals surface area (Å²) in [5.74, 6) is -4.70. The summed E-state index contributed by atoms with van der Waals surface area (Å²) < 4.78 is 0. The summed E-state index contributed by atoms with van der Waals surface area (Å²) in [6.45, 7) is -2.37. The van der Waals surface area contributed by atoms with E-state index in [1.165, 1.54) is 0 Å². The zero-order valence-corrected chi connectivity index (χ0v) is 7.98. The molecule has 0 spiro atoms. The molecule has 0 bridgehead atoms. The molecule has 0 atom stereocenters. The molecule has 82 valence electrons. The molecule has 0 amide bonds. The van der Waals surface area contributed by atoms with Gasteiger partial charge in [-0.2, -0.15) is 0 Å². The molecule has 0 heterocycles. The SMILES string of the molecule is O=C([O-])CN(CC(=O)[O-])CC(=O)[O-].[Fe]. The van der Waals surface area contributed by atoms with Gasteiger partial charge in [-0.15, -0.1) is 0 Å². The van der Waals surface area contributed by atoms with Crippen LogP contribution in [0.4, 0.5) is 0 Å². The minimum absolute atomic E-state index is 0. The van der Waals surface area contributed by atoms with Crippen molar-refractivity contribution in [2.45, 2.75) is 0 Å². The monoisotopic (exact) mass is 244 g/mol. The van der Waals surface area contributed by atoms with Crippen LogP contribution in [0.1, 0.15) is 0 Å². The Hall–Kier alpha value is -1.11. The number of aliphatic carboxylic acids is 3. The van der Waals surface area contributed by atoms with Crippen molar-refractivity contribution in [3.63, 3.8) is 0 Å². The molecule has 0 saturated heterocycles. The molecule has 0 aromatic heterocycles. The molecule has 0 radical (unpaired) electrons. The maximum absolute atomic E-state index is 9.99. The van der Waals surface area contributed by atoms with Gasteiger partial charge in [0.15, 0.2) is 0 Å². The first kappa shape index (κ1) is 15.4. The first-order valence-electron chi connectivity index (χ1n) is 3.23. The second-order valence-electron chi connectivity index (χ2n) is 2.26. The van der Waals surface area contributed by atoms with E-state index in [0.717, 1.165) is 0 Å². The number of carbonyl (C=O) groups excluding carboxylic acids is 3. The third-order valence-electron chi connectivity index (χ3n) is 1.06. The average molecular weight is 244 g/mol. The van der Waals surface area contributed by atoms with E-state index in [9.17, 15) is 29.7 Å². The van der Waals surface area contributed by atoms with Crippen molar-refractivity contribution in [3.05, 3.63) is 0 Å². The molecule has 0 rings (SSSR count). The number of carboxylic acid groups (broad SMARTS) is 3. The fraction of sp³-hybridized carbons (Fsp3) is 0.500. The van der Waals surface area contributed by atoms with Crippen LogP contribution in [0, 0.1) is 0 Å². The van der Waals surface area contributed by atoms with Crippen LogP contribution < -0.4 is 15.3 Å². The van der Waals surface area contributed by atoms with Gasteiger partial charge in [0.2, 0.25) is 0 Å². The molecule has 0 aromatic carbocycles. The number of carboxylic acids is 3. The van der Waals surface area contributed by atoms with Gasteiger partial charge in [-0.3, -0.25) is 4.90 Å². The molecular formula is C6H6FeNO6-3. The van der Waals surface area contributed by atoms with Crippen molar-refractivity contribution in [3.8, 4) is 0 Å². The van der Waals surface area contributed by atoms with Gasteiger partial charge in [-0.1, -0.05) is 0 Å². The quantitative estimate of drug-likeness (QED) is 0.427. The maximum Gasteiger partial charge on any atom is 0.0555 e. The van der Waals surface area contributed by atoms with Crippen LogP contribution in [0.25, 0.3) is 0 Å². The zero-order valence-electron chi connectivity index (χ0n) is 6.87. The Morgan fingerprint density at radius 1 is 0.786 bits per heavy atom. The van der Waals surface area contributed by atoms with Crippen molar-refractivity contribution in [1.82, 2.24) is 4.90 Å². The summed E-state index contributed by atoms with van der Waals surface area (Å²) in [6, 6.07) is 0. The van der Waals surface area contributed by atoms with Crippen LogP contribution in [0.2, 0.25) is 0 Å². The smallest absolute Gasteiger partial charge is 0.0555 e. The van der Waals surface area contributed by atoms with Crippen molar-refractivity contribution < 1.29 is 46.8 Å². The molecule has 0 aliphatic heterocycles. The molecule has 14 heavy (non-hydrogen) atoms. The topological polar surface area (TPSA) is 124 Å². The first-order chi connectivity index (χ1) is 5.91. The Bertz CT molecular complexity index is 192. The Morgan fingerprint density at radius 3 is 1.14 bits per heavy atom. The van der Waals surface area contributed by atoms with E-state index in [2.05, 4.69) is 0 Å². The normalized spacial score (nSPS) is 9.21. The Balaban J connectivity index is 0. The number of hydrogen-bond donors (Lipinski definition) is 0. The third kappa shape index (κ3) is 8.98. The van der Waals surface area contributed by atoms with E-state index in [-0.39, 0.29) is 17.1 Å². The summed E-state index contributed by atoms with van der Waals surface area (Å²) in [7, 11) is 0. The van der Waals surface area contributed by atoms with Crippen molar-refractivity contribution in [2.75, 3.05) is 19.6 Å². The fourth-order valence-corrected chi connectivity index (χ4v) is 0.715. The van der Waals surface area contributed by atoms with Gasteiger partial charge in [-0.05, 0) is 0 Å². The predicted molar refractivity (Wildman–Crippen MR) is 31.5 cm³/mol. The van der Waals surface area contributed by atoms with Crippen LogP contribution >= 0.6 is 0 Å². The van der Waals surface area contributed by atoms with Crippen molar-refractivity contribution in [2.24, 2.45) is 0 Å². The van der Waals surface area contributed by atoms with Gasteiger partial charge in [0, 0.05) is 36.7 Å². The molecule has 0 saturated carbocycles. The molecule has 0 aliphatic carbocycles. The predicted octanol–water partition coefficient (Wildman–Crippen LogP) is -5.46. The summed E-state index contributed by atoms with van der Waals surface area (Å²) in [5, 5.41) is 30.0. The standard InChI is InChI=1S/C6H9NO6.Fe/c8-4(9)1-7(2-5(10)11)3-6(12)13;/h1-3H2,(H,8,9)(H,10,11)(H,12,13);/p-3. The second kappa shape index (κ2) is 7.31. The number of nitrogens with zero attached hydrogens (tertiary/aromatic N) is 1. The van der Waals surface area contributed by atoms with Crippen LogP contribution in [-0.2, 0) is 31.5 Å². The summed E-state index contributed by atoms with van der Waals surface area (Å²) in [6.07, 6.45) is 0. The molecule has 7 nitrogen and oxygen atoms in total. The molecule has 8 heteroatoms. The fourth-order valence-electron chi connectivity index (χ4n) is 0.715. The molecule has 0 N–H and O–H groups in total. The maximum atomic E-state index is 9.99. The van der Waals surface area contributed by atoms with E-state index >= 15 is 0 Å². The van der Waals surface area contributed by atoms with Crippen LogP contribution in [0.15, 0.2) is 0 Å². The van der Waals surface area contributed by atoms with Gasteiger partial charge in [0.1, 0.15) is 0 Å². The average Bonchev–Trinajstić information content (AvgIpc) is 1.80. The van der Waals surface area contributed by atoms with Gasteiger partial charge in [0.05, 0.1) is 17.9 Å². The number of hydrogen-bond acceptors (Lipinski definition) is 7. The summed E-state index contributed by atoms with van der Waals surface area (Å²) in [4.78, 5) is 30.6. The van der Waals surface area contributed by atoms with E-state index in [1.54, 1.807) is 0 Å². The van der Waals surface area contributed by atoms with Crippen LogP contribution in [0.5, 0.6) is 0 Å². The minimum atomic E-state index is -1.57. The van der Waals surface area contributed by atoms with Gasteiger partial charge < -0.3 is 29.7 Å². The summed E-state index contributed by atoms with van der Waals surface area (Å²) in [5.41, 5.74) is 0. The Morgan fingerprint density at radius 2 is 1.00 bits per heavy atom. The Kier molecular flexibility index (Phi) is 8.02. The van der Waals surface area contributed by atoms with Gasteiger partial charge in [-0.25, -0.2) is 0 Å². The summed E-state index contributed by atoms with van der Waals surface area (Å²) >= 11 is 0. The molecule has 0 fully saturated rings. The molecule has 0 aromatic rings. The van der Waals surface area contributed by atoms with Gasteiger partial charge >= 0.3 is 0 Å². The van der Waals surface area contributed by atoms with E-state index in [1.807, 2.05) is 0 Å². The van der Waals surface area contributed by atoms with Gasteiger partial charge in [0.25, 0.3) is 0 Å². The van der Waals surface area contributed by atoms with Crippen molar-refractivity contribution >= 4 is 17.9 Å². The third-order valence-corrected chi connectivity index (χ3v) is 1.06. The molecule has 0 unspecified atom stereocenters. The van der Waals surface area contributed by atoms with Crippen LogP contribution in [0.3, 0.4) is 0 Å². The molecular weight excluding hydrogens is 238 g/mol. The minimum Gasteiger partial charge on any atom is -0.549 e. The van der Waals surface area contributed by atoms with E-state index in [4.69, 9.17) is 0 Å². The second-order valence-corrected chi connectivity index (χ2v) is 2.26. The van der Waals surface area contributed by atoms with E-state index < -0.39 is 37.5 Å². The number of rotatable bonds is 6. The van der Waals surface area contributed by atoms with E-state index in [0.29, 0.717) is 4.90 Å². The van der Waals surface area contributed by atoms with Crippen molar-refractivity contribution in [1.29, 1.82) is 0 Å².